The van der Waals surface area contributed by atoms with Gasteiger partial charge in [-0.25, -0.2) is 4.79 Å². The third kappa shape index (κ3) is 5.70. The van der Waals surface area contributed by atoms with Crippen LogP contribution in [0.25, 0.3) is 0 Å². The average molecular weight is 433 g/mol. The van der Waals surface area contributed by atoms with Crippen LogP contribution >= 0.6 is 12.2 Å². The van der Waals surface area contributed by atoms with Crippen LogP contribution < -0.4 is 10.6 Å². The van der Waals surface area contributed by atoms with Crippen LogP contribution in [0.4, 0.5) is 5.69 Å². The standard InChI is InChI=1S/C26H28N2O2S/c1-5-30-25(29)21-13-12-18(3)23(16-21)27-26(31)28-24(20-9-7-6-8-10-20)22-14-11-17(2)15-19(22)4/h6-16,24H,5H2,1-4H3,(H2,27,28,31)/t24-/m1/s1. The van der Waals surface area contributed by atoms with Crippen molar-refractivity contribution in [2.45, 2.75) is 33.7 Å². The Kier molecular flexibility index (Phi) is 7.42. The Balaban J connectivity index is 1.86. The van der Waals surface area contributed by atoms with Crippen LogP contribution in [0.15, 0.2) is 66.7 Å². The highest BCUT2D eigenvalue weighted by molar-refractivity contribution is 7.80. The number of hydrogen-bond acceptors (Lipinski definition) is 3. The van der Waals surface area contributed by atoms with Gasteiger partial charge in [-0.3, -0.25) is 0 Å². The molecule has 3 aromatic carbocycles. The van der Waals surface area contributed by atoms with E-state index in [0.29, 0.717) is 17.3 Å². The number of thiocarbonyl (C=S) groups is 1. The predicted octanol–water partition coefficient (Wildman–Crippen LogP) is 5.86. The molecule has 31 heavy (non-hydrogen) atoms. The van der Waals surface area contributed by atoms with E-state index in [-0.39, 0.29) is 12.0 Å². The SMILES string of the molecule is CCOC(=O)c1ccc(C)c(NC(=S)N[C@H](c2ccccc2)c2ccc(C)cc2C)c1. The Labute approximate surface area is 189 Å². The van der Waals surface area contributed by atoms with Crippen LogP contribution in [0.5, 0.6) is 0 Å². The van der Waals surface area contributed by atoms with Gasteiger partial charge in [0, 0.05) is 5.69 Å². The molecule has 0 saturated carbocycles. The summed E-state index contributed by atoms with van der Waals surface area (Å²) in [5.41, 5.74) is 6.96. The summed E-state index contributed by atoms with van der Waals surface area (Å²) in [5.74, 6) is -0.345. The van der Waals surface area contributed by atoms with E-state index in [0.717, 1.165) is 22.4 Å². The van der Waals surface area contributed by atoms with Crippen molar-refractivity contribution >= 4 is 29.0 Å². The Hall–Kier alpha value is -3.18. The quantitative estimate of drug-likeness (QED) is 0.377. The van der Waals surface area contributed by atoms with Crippen LogP contribution in [0.2, 0.25) is 0 Å². The minimum absolute atomic E-state index is 0.102. The number of anilines is 1. The molecule has 0 aromatic heterocycles. The maximum absolute atomic E-state index is 12.1. The Bertz CT molecular complexity index is 1080. The number of carbonyl (C=O) groups excluding carboxylic acids is 1. The second-order valence-corrected chi connectivity index (χ2v) is 7.96. The van der Waals surface area contributed by atoms with Crippen molar-refractivity contribution in [1.29, 1.82) is 0 Å². The zero-order chi connectivity index (χ0) is 22.4. The summed E-state index contributed by atoms with van der Waals surface area (Å²) in [4.78, 5) is 12.1. The van der Waals surface area contributed by atoms with E-state index in [9.17, 15) is 4.79 Å². The second-order valence-electron chi connectivity index (χ2n) is 7.55. The second kappa shape index (κ2) is 10.2. The third-order valence-corrected chi connectivity index (χ3v) is 5.36. The Morgan fingerprint density at radius 2 is 1.71 bits per heavy atom. The maximum atomic E-state index is 12.1. The highest BCUT2D eigenvalue weighted by atomic mass is 32.1. The highest BCUT2D eigenvalue weighted by Gasteiger charge is 2.18. The van der Waals surface area contributed by atoms with Crippen LogP contribution in [0, 0.1) is 20.8 Å². The van der Waals surface area contributed by atoms with Crippen LogP contribution in [-0.4, -0.2) is 17.7 Å². The van der Waals surface area contributed by atoms with Crippen LogP contribution in [0.3, 0.4) is 0 Å². The van der Waals surface area contributed by atoms with E-state index in [1.54, 1.807) is 19.1 Å². The number of rotatable bonds is 6. The summed E-state index contributed by atoms with van der Waals surface area (Å²) in [6.07, 6.45) is 0. The maximum Gasteiger partial charge on any atom is 0.338 e. The number of benzene rings is 3. The van der Waals surface area contributed by atoms with Crippen molar-refractivity contribution < 1.29 is 9.53 Å². The first-order chi connectivity index (χ1) is 14.9. The smallest absolute Gasteiger partial charge is 0.338 e. The average Bonchev–Trinajstić information content (AvgIpc) is 2.75. The first-order valence-electron chi connectivity index (χ1n) is 10.4. The minimum Gasteiger partial charge on any atom is -0.462 e. The van der Waals surface area contributed by atoms with Gasteiger partial charge >= 0.3 is 5.97 Å². The Morgan fingerprint density at radius 1 is 0.968 bits per heavy atom. The molecule has 160 valence electrons. The first-order valence-corrected chi connectivity index (χ1v) is 10.8. The molecule has 3 aromatic rings. The summed E-state index contributed by atoms with van der Waals surface area (Å²) in [5, 5.41) is 7.21. The fourth-order valence-electron chi connectivity index (χ4n) is 3.52. The minimum atomic E-state index is -0.345. The molecular formula is C26H28N2O2S. The first kappa shape index (κ1) is 22.5. The van der Waals surface area contributed by atoms with Gasteiger partial charge in [-0.15, -0.1) is 0 Å². The van der Waals surface area contributed by atoms with Gasteiger partial charge in [0.15, 0.2) is 5.11 Å². The number of carbonyl (C=O) groups is 1. The normalized spacial score (nSPS) is 11.5. The molecule has 0 aliphatic heterocycles. The molecule has 0 aliphatic rings. The van der Waals surface area contributed by atoms with Gasteiger partial charge in [-0.2, -0.15) is 0 Å². The van der Waals surface area contributed by atoms with E-state index >= 15 is 0 Å². The van der Waals surface area contributed by atoms with E-state index < -0.39 is 0 Å². The van der Waals surface area contributed by atoms with E-state index in [1.165, 1.54) is 11.1 Å². The van der Waals surface area contributed by atoms with Crippen molar-refractivity contribution in [1.82, 2.24) is 5.32 Å². The van der Waals surface area contributed by atoms with Crippen molar-refractivity contribution in [3.05, 3.63) is 100 Å². The van der Waals surface area contributed by atoms with Gasteiger partial charge in [-0.1, -0.05) is 60.2 Å². The fourth-order valence-corrected chi connectivity index (χ4v) is 3.75. The Morgan fingerprint density at radius 3 is 2.39 bits per heavy atom. The van der Waals surface area contributed by atoms with Crippen LogP contribution in [0.1, 0.15) is 51.1 Å². The molecule has 0 heterocycles. The fraction of sp³-hybridized carbons (Fsp3) is 0.231. The summed E-state index contributed by atoms with van der Waals surface area (Å²) < 4.78 is 5.12. The predicted molar refractivity (Wildman–Crippen MR) is 131 cm³/mol. The summed E-state index contributed by atoms with van der Waals surface area (Å²) in [6.45, 7) is 8.31. The molecule has 0 saturated heterocycles. The lowest BCUT2D eigenvalue weighted by Gasteiger charge is -2.24. The molecule has 1 atom stereocenters. The van der Waals surface area contributed by atoms with Gasteiger partial charge in [0.05, 0.1) is 18.2 Å². The van der Waals surface area contributed by atoms with Crippen LogP contribution in [-0.2, 0) is 4.74 Å². The monoisotopic (exact) mass is 432 g/mol. The molecule has 0 radical (unpaired) electrons. The van der Waals surface area contributed by atoms with E-state index in [4.69, 9.17) is 17.0 Å². The number of esters is 1. The third-order valence-electron chi connectivity index (χ3n) is 5.14. The van der Waals surface area contributed by atoms with Gasteiger partial charge < -0.3 is 15.4 Å². The molecule has 0 aliphatic carbocycles. The molecule has 3 rings (SSSR count). The lowest BCUT2D eigenvalue weighted by atomic mass is 9.94. The lowest BCUT2D eigenvalue weighted by Crippen LogP contribution is -2.33. The summed E-state index contributed by atoms with van der Waals surface area (Å²) >= 11 is 5.66. The summed E-state index contributed by atoms with van der Waals surface area (Å²) in [6, 6.07) is 22.0. The van der Waals surface area contributed by atoms with Gasteiger partial charge in [0.2, 0.25) is 0 Å². The molecule has 4 nitrogen and oxygen atoms in total. The zero-order valence-electron chi connectivity index (χ0n) is 18.4. The molecule has 0 fully saturated rings. The number of aryl methyl sites for hydroxylation is 3. The van der Waals surface area contributed by atoms with Crippen molar-refractivity contribution in [3.8, 4) is 0 Å². The number of nitrogens with one attached hydrogen (secondary N) is 2. The largest absolute Gasteiger partial charge is 0.462 e. The highest BCUT2D eigenvalue weighted by Crippen LogP contribution is 2.26. The van der Waals surface area contributed by atoms with E-state index in [1.807, 2.05) is 31.2 Å². The molecule has 0 amide bonds. The zero-order valence-corrected chi connectivity index (χ0v) is 19.2. The molecule has 2 N–H and O–H groups in total. The molecule has 0 bridgehead atoms. The molecular weight excluding hydrogens is 404 g/mol. The number of ether oxygens (including phenoxy) is 1. The van der Waals surface area contributed by atoms with Crippen molar-refractivity contribution in [3.63, 3.8) is 0 Å². The van der Waals surface area contributed by atoms with Gasteiger partial charge in [0.1, 0.15) is 0 Å². The lowest BCUT2D eigenvalue weighted by molar-refractivity contribution is 0.0526. The topological polar surface area (TPSA) is 50.4 Å². The van der Waals surface area contributed by atoms with Gasteiger partial charge in [-0.05, 0) is 74.3 Å². The molecule has 0 unspecified atom stereocenters. The van der Waals surface area contributed by atoms with E-state index in [2.05, 4.69) is 54.8 Å². The number of hydrogen-bond donors (Lipinski definition) is 2. The molecule has 0 spiro atoms. The summed E-state index contributed by atoms with van der Waals surface area (Å²) in [7, 11) is 0. The van der Waals surface area contributed by atoms with Gasteiger partial charge in [0.25, 0.3) is 0 Å². The van der Waals surface area contributed by atoms with Crippen molar-refractivity contribution in [2.24, 2.45) is 0 Å². The van der Waals surface area contributed by atoms with Crippen molar-refractivity contribution in [2.75, 3.05) is 11.9 Å². The molecule has 5 heteroatoms.